The van der Waals surface area contributed by atoms with E-state index in [1.54, 1.807) is 0 Å². The maximum absolute atomic E-state index is 5.62. The minimum absolute atomic E-state index is 0.0935. The molecule has 0 unspecified atom stereocenters. The van der Waals surface area contributed by atoms with Crippen LogP contribution in [0, 0.1) is 0 Å². The Hall–Kier alpha value is -2.51. The lowest BCUT2D eigenvalue weighted by Crippen LogP contribution is -2.36. The van der Waals surface area contributed by atoms with Gasteiger partial charge < -0.3 is 29.7 Å². The van der Waals surface area contributed by atoms with Crippen LogP contribution in [0.15, 0.2) is 42.5 Å². The molecule has 0 bridgehead atoms. The Morgan fingerprint density at radius 3 is 2.43 bits per heavy atom. The molecule has 1 atom stereocenters. The van der Waals surface area contributed by atoms with Gasteiger partial charge in [-0.2, -0.15) is 0 Å². The molecule has 2 aromatic rings. The highest BCUT2D eigenvalue weighted by molar-refractivity contribution is 7.80. The summed E-state index contributed by atoms with van der Waals surface area (Å²) in [5.41, 5.74) is 3.29. The lowest BCUT2D eigenvalue weighted by atomic mass is 10.1. The molecular weight excluding hydrogens is 374 g/mol. The number of nitrogens with one attached hydrogen (secondary N) is 2. The SMILES string of the molecule is C[C@@H](NC(=S)Nc1ccc2c(c1)OCCO2)c1ccc(N2CCOCC2)cc1. The fraction of sp³-hybridized carbons (Fsp3) is 0.381. The molecule has 2 heterocycles. The van der Waals surface area contributed by atoms with Crippen molar-refractivity contribution in [3.05, 3.63) is 48.0 Å². The van der Waals surface area contributed by atoms with E-state index >= 15 is 0 Å². The number of rotatable bonds is 4. The summed E-state index contributed by atoms with van der Waals surface area (Å²) in [5.74, 6) is 1.51. The molecule has 2 aromatic carbocycles. The Kier molecular flexibility index (Phi) is 5.83. The number of ether oxygens (including phenoxy) is 3. The molecule has 2 aliphatic heterocycles. The van der Waals surface area contributed by atoms with Crippen molar-refractivity contribution in [2.24, 2.45) is 0 Å². The van der Waals surface area contributed by atoms with Gasteiger partial charge in [-0.05, 0) is 49.0 Å². The van der Waals surface area contributed by atoms with Gasteiger partial charge >= 0.3 is 0 Å². The van der Waals surface area contributed by atoms with Crippen LogP contribution in [0.5, 0.6) is 11.5 Å². The van der Waals surface area contributed by atoms with Crippen molar-refractivity contribution in [2.75, 3.05) is 49.7 Å². The van der Waals surface area contributed by atoms with Crippen LogP contribution in [0.4, 0.5) is 11.4 Å². The van der Waals surface area contributed by atoms with Crippen LogP contribution in [0.3, 0.4) is 0 Å². The fourth-order valence-electron chi connectivity index (χ4n) is 3.36. The number of hydrogen-bond acceptors (Lipinski definition) is 5. The second-order valence-electron chi connectivity index (χ2n) is 6.87. The molecule has 2 aliphatic rings. The van der Waals surface area contributed by atoms with E-state index in [0.717, 1.165) is 43.5 Å². The van der Waals surface area contributed by atoms with Crippen molar-refractivity contribution in [3.8, 4) is 11.5 Å². The minimum atomic E-state index is 0.0935. The topological polar surface area (TPSA) is 55.0 Å². The Labute approximate surface area is 170 Å². The summed E-state index contributed by atoms with van der Waals surface area (Å²) in [4.78, 5) is 2.35. The zero-order valence-electron chi connectivity index (χ0n) is 15.9. The first-order valence-electron chi connectivity index (χ1n) is 9.59. The fourth-order valence-corrected chi connectivity index (χ4v) is 3.66. The van der Waals surface area contributed by atoms with Gasteiger partial charge in [-0.25, -0.2) is 0 Å². The molecule has 0 aliphatic carbocycles. The van der Waals surface area contributed by atoms with Crippen molar-refractivity contribution in [2.45, 2.75) is 13.0 Å². The summed E-state index contributed by atoms with van der Waals surface area (Å²) in [6.07, 6.45) is 0. The molecule has 1 fully saturated rings. The zero-order chi connectivity index (χ0) is 19.3. The van der Waals surface area contributed by atoms with Crippen LogP contribution >= 0.6 is 12.2 Å². The van der Waals surface area contributed by atoms with Gasteiger partial charge in [0.15, 0.2) is 16.6 Å². The second kappa shape index (κ2) is 8.67. The molecular formula is C21H25N3O3S. The summed E-state index contributed by atoms with van der Waals surface area (Å²) < 4.78 is 16.6. The van der Waals surface area contributed by atoms with E-state index in [1.165, 1.54) is 11.3 Å². The molecule has 4 rings (SSSR count). The molecule has 1 saturated heterocycles. The maximum atomic E-state index is 5.62. The number of fused-ring (bicyclic) bond motifs is 1. The monoisotopic (exact) mass is 399 g/mol. The summed E-state index contributed by atoms with van der Waals surface area (Å²) in [6.45, 7) is 6.71. The van der Waals surface area contributed by atoms with Crippen molar-refractivity contribution in [1.82, 2.24) is 5.32 Å². The summed E-state index contributed by atoms with van der Waals surface area (Å²) in [6, 6.07) is 14.5. The van der Waals surface area contributed by atoms with Crippen molar-refractivity contribution >= 4 is 28.7 Å². The van der Waals surface area contributed by atoms with E-state index in [2.05, 4.69) is 46.7 Å². The van der Waals surface area contributed by atoms with Crippen molar-refractivity contribution in [1.29, 1.82) is 0 Å². The van der Waals surface area contributed by atoms with Gasteiger partial charge in [0.1, 0.15) is 13.2 Å². The van der Waals surface area contributed by atoms with E-state index in [-0.39, 0.29) is 6.04 Å². The predicted molar refractivity (Wildman–Crippen MR) is 115 cm³/mol. The lowest BCUT2D eigenvalue weighted by molar-refractivity contribution is 0.122. The van der Waals surface area contributed by atoms with Crippen molar-refractivity contribution < 1.29 is 14.2 Å². The van der Waals surface area contributed by atoms with Crippen molar-refractivity contribution in [3.63, 3.8) is 0 Å². The smallest absolute Gasteiger partial charge is 0.171 e. The first-order valence-corrected chi connectivity index (χ1v) is 10.00. The lowest BCUT2D eigenvalue weighted by Gasteiger charge is -2.29. The molecule has 0 spiro atoms. The number of thiocarbonyl (C=S) groups is 1. The predicted octanol–water partition coefficient (Wildman–Crippen LogP) is 3.34. The highest BCUT2D eigenvalue weighted by atomic mass is 32.1. The number of anilines is 2. The number of nitrogens with zero attached hydrogens (tertiary/aromatic N) is 1. The van der Waals surface area contributed by atoms with Gasteiger partial charge in [0.05, 0.1) is 19.3 Å². The van der Waals surface area contributed by atoms with Gasteiger partial charge in [-0.3, -0.25) is 0 Å². The maximum Gasteiger partial charge on any atom is 0.171 e. The first kappa shape index (κ1) is 18.8. The van der Waals surface area contributed by atoms with Gasteiger partial charge in [0.25, 0.3) is 0 Å². The third-order valence-corrected chi connectivity index (χ3v) is 5.14. The first-order chi connectivity index (χ1) is 13.7. The van der Waals surface area contributed by atoms with Crippen LogP contribution < -0.4 is 25.0 Å². The standard InChI is InChI=1S/C21H25N3O3S/c1-15(16-2-5-18(6-3-16)24-8-10-25-11-9-24)22-21(28)23-17-4-7-19-20(14-17)27-13-12-26-19/h2-7,14-15H,8-13H2,1H3,(H2,22,23,28)/t15-/m1/s1. The second-order valence-corrected chi connectivity index (χ2v) is 7.28. The molecule has 0 saturated carbocycles. The Balaban J connectivity index is 1.33. The van der Waals surface area contributed by atoms with Crippen LogP contribution in [0.2, 0.25) is 0 Å². The Morgan fingerprint density at radius 1 is 0.964 bits per heavy atom. The van der Waals surface area contributed by atoms with Gasteiger partial charge in [0.2, 0.25) is 0 Å². The molecule has 0 radical (unpaired) electrons. The largest absolute Gasteiger partial charge is 0.486 e. The molecule has 0 amide bonds. The highest BCUT2D eigenvalue weighted by Gasteiger charge is 2.14. The minimum Gasteiger partial charge on any atom is -0.486 e. The van der Waals surface area contributed by atoms with Gasteiger partial charge in [-0.15, -0.1) is 0 Å². The molecule has 7 heteroatoms. The highest BCUT2D eigenvalue weighted by Crippen LogP contribution is 2.32. The van der Waals surface area contributed by atoms with E-state index in [9.17, 15) is 0 Å². The van der Waals surface area contributed by atoms with Crippen LogP contribution in [0.1, 0.15) is 18.5 Å². The number of benzene rings is 2. The van der Waals surface area contributed by atoms with E-state index in [1.807, 2.05) is 18.2 Å². The quantitative estimate of drug-likeness (QED) is 0.765. The third-order valence-electron chi connectivity index (χ3n) is 4.92. The summed E-state index contributed by atoms with van der Waals surface area (Å²) >= 11 is 5.48. The number of morpholine rings is 1. The summed E-state index contributed by atoms with van der Waals surface area (Å²) in [5, 5.41) is 7.13. The molecule has 2 N–H and O–H groups in total. The summed E-state index contributed by atoms with van der Waals surface area (Å²) in [7, 11) is 0. The van der Waals surface area contributed by atoms with E-state index < -0.39 is 0 Å². The third kappa shape index (κ3) is 4.48. The van der Waals surface area contributed by atoms with Crippen LogP contribution in [-0.4, -0.2) is 44.6 Å². The molecule has 28 heavy (non-hydrogen) atoms. The van der Waals surface area contributed by atoms with Gasteiger partial charge in [0, 0.05) is 30.5 Å². The molecule has 148 valence electrons. The normalized spacial score (nSPS) is 17.0. The van der Waals surface area contributed by atoms with E-state index in [4.69, 9.17) is 26.4 Å². The zero-order valence-corrected chi connectivity index (χ0v) is 16.8. The molecule has 6 nitrogen and oxygen atoms in total. The number of hydrogen-bond donors (Lipinski definition) is 2. The average molecular weight is 400 g/mol. The Bertz CT molecular complexity index is 822. The van der Waals surface area contributed by atoms with E-state index in [0.29, 0.717) is 18.3 Å². The van der Waals surface area contributed by atoms with Crippen LogP contribution in [0.25, 0.3) is 0 Å². The average Bonchev–Trinajstić information content (AvgIpc) is 2.74. The molecule has 0 aromatic heterocycles. The van der Waals surface area contributed by atoms with Gasteiger partial charge in [-0.1, -0.05) is 12.1 Å². The van der Waals surface area contributed by atoms with Crippen LogP contribution in [-0.2, 0) is 4.74 Å². The Morgan fingerprint density at radius 2 is 1.68 bits per heavy atom.